The van der Waals surface area contributed by atoms with Crippen molar-refractivity contribution in [2.45, 2.75) is 51.1 Å². The van der Waals surface area contributed by atoms with Gasteiger partial charge in [0.2, 0.25) is 5.91 Å². The molecule has 0 aromatic carbocycles. The Labute approximate surface area is 163 Å². The number of aromatic amines is 1. The molecule has 148 valence electrons. The Morgan fingerprint density at radius 3 is 2.71 bits per heavy atom. The maximum absolute atomic E-state index is 13.0. The third kappa shape index (κ3) is 2.65. The number of hydrogen-bond acceptors (Lipinski definition) is 4. The Morgan fingerprint density at radius 1 is 1.25 bits per heavy atom. The van der Waals surface area contributed by atoms with Crippen molar-refractivity contribution in [1.82, 2.24) is 29.5 Å². The lowest BCUT2D eigenvalue weighted by molar-refractivity contribution is -0.143. The fraction of sp³-hybridized carbons (Fsp3) is 0.600. The van der Waals surface area contributed by atoms with E-state index in [0.717, 1.165) is 56.6 Å². The van der Waals surface area contributed by atoms with E-state index >= 15 is 0 Å². The number of H-pyrrole nitrogens is 1. The summed E-state index contributed by atoms with van der Waals surface area (Å²) >= 11 is 0. The molecule has 2 amide bonds. The number of nitrogens with one attached hydrogen (secondary N) is 1. The van der Waals surface area contributed by atoms with Crippen molar-refractivity contribution in [2.75, 3.05) is 19.6 Å². The van der Waals surface area contributed by atoms with E-state index in [9.17, 15) is 9.59 Å². The van der Waals surface area contributed by atoms with Crippen molar-refractivity contribution in [1.29, 1.82) is 0 Å². The SMILES string of the molecule is CCn1cc(C(=O)N2CCC3(CC2)c2nc[nH]c2CCN3C(=O)C2CC2)cn1. The standard InChI is InChI=1S/C20H26N6O2/c1-2-25-12-15(11-23-25)18(27)24-9-6-20(7-10-24)17-16(21-13-22-17)5-8-26(20)19(28)14-3-4-14/h11-14H,2-10H2,1H3,(H,21,22). The van der Waals surface area contributed by atoms with Gasteiger partial charge in [0.1, 0.15) is 0 Å². The number of aromatic nitrogens is 4. The zero-order chi connectivity index (χ0) is 19.3. The molecule has 1 N–H and O–H groups in total. The van der Waals surface area contributed by atoms with Gasteiger partial charge in [-0.1, -0.05) is 0 Å². The first-order chi connectivity index (χ1) is 13.6. The van der Waals surface area contributed by atoms with Crippen LogP contribution in [0.2, 0.25) is 0 Å². The summed E-state index contributed by atoms with van der Waals surface area (Å²) in [6.45, 7) is 4.73. The van der Waals surface area contributed by atoms with Crippen molar-refractivity contribution < 1.29 is 9.59 Å². The largest absolute Gasteiger partial charge is 0.348 e. The van der Waals surface area contributed by atoms with Crippen LogP contribution >= 0.6 is 0 Å². The first kappa shape index (κ1) is 17.5. The number of piperidine rings is 1. The number of hydrogen-bond donors (Lipinski definition) is 1. The molecular weight excluding hydrogens is 356 g/mol. The number of amides is 2. The van der Waals surface area contributed by atoms with Crippen LogP contribution in [-0.4, -0.2) is 61.0 Å². The average molecular weight is 382 g/mol. The Hall–Kier alpha value is -2.64. The number of likely N-dealkylation sites (tertiary alicyclic amines) is 1. The molecule has 2 aromatic heterocycles. The minimum Gasteiger partial charge on any atom is -0.348 e. The van der Waals surface area contributed by atoms with Gasteiger partial charge in [-0.15, -0.1) is 0 Å². The molecule has 1 aliphatic carbocycles. The summed E-state index contributed by atoms with van der Waals surface area (Å²) in [5, 5.41) is 4.22. The molecule has 8 nitrogen and oxygen atoms in total. The molecule has 3 aliphatic rings. The number of aryl methyl sites for hydroxylation is 1. The summed E-state index contributed by atoms with van der Waals surface area (Å²) in [4.78, 5) is 37.8. The fourth-order valence-electron chi connectivity index (χ4n) is 4.77. The van der Waals surface area contributed by atoms with Crippen molar-refractivity contribution in [2.24, 2.45) is 5.92 Å². The van der Waals surface area contributed by atoms with Crippen LogP contribution in [0.4, 0.5) is 0 Å². The predicted molar refractivity (Wildman–Crippen MR) is 101 cm³/mol. The zero-order valence-electron chi connectivity index (χ0n) is 16.2. The number of carbonyl (C=O) groups excluding carboxylic acids is 2. The molecule has 2 aromatic rings. The van der Waals surface area contributed by atoms with Gasteiger partial charge in [-0.25, -0.2) is 4.98 Å². The predicted octanol–water partition coefficient (Wildman–Crippen LogP) is 1.55. The van der Waals surface area contributed by atoms with E-state index in [1.165, 1.54) is 0 Å². The summed E-state index contributed by atoms with van der Waals surface area (Å²) in [6.07, 6.45) is 9.50. The van der Waals surface area contributed by atoms with Gasteiger partial charge in [-0.05, 0) is 32.6 Å². The summed E-state index contributed by atoms with van der Waals surface area (Å²) in [5.74, 6) is 0.488. The van der Waals surface area contributed by atoms with E-state index in [4.69, 9.17) is 0 Å². The van der Waals surface area contributed by atoms with Gasteiger partial charge >= 0.3 is 0 Å². The maximum Gasteiger partial charge on any atom is 0.257 e. The van der Waals surface area contributed by atoms with E-state index < -0.39 is 0 Å². The number of fused-ring (bicyclic) bond motifs is 2. The Balaban J connectivity index is 1.39. The Kier molecular flexibility index (Phi) is 4.03. The molecule has 4 heterocycles. The monoisotopic (exact) mass is 382 g/mol. The third-order valence-corrected chi connectivity index (χ3v) is 6.54. The van der Waals surface area contributed by atoms with Crippen LogP contribution in [0.15, 0.2) is 18.7 Å². The van der Waals surface area contributed by atoms with Crippen LogP contribution in [0, 0.1) is 5.92 Å². The summed E-state index contributed by atoms with van der Waals surface area (Å²) in [6, 6.07) is 0. The molecule has 2 fully saturated rings. The van der Waals surface area contributed by atoms with E-state index in [1.807, 2.05) is 18.0 Å². The highest BCUT2D eigenvalue weighted by Gasteiger charge is 2.51. The summed E-state index contributed by atoms with van der Waals surface area (Å²) in [5.41, 5.74) is 2.41. The second-order valence-electron chi connectivity index (χ2n) is 8.15. The first-order valence-electron chi connectivity index (χ1n) is 10.3. The van der Waals surface area contributed by atoms with E-state index in [2.05, 4.69) is 20.0 Å². The van der Waals surface area contributed by atoms with Gasteiger partial charge < -0.3 is 14.8 Å². The second-order valence-corrected chi connectivity index (χ2v) is 8.15. The Morgan fingerprint density at radius 2 is 2.04 bits per heavy atom. The van der Waals surface area contributed by atoms with Crippen LogP contribution in [-0.2, 0) is 23.3 Å². The van der Waals surface area contributed by atoms with Crippen molar-refractivity contribution in [3.8, 4) is 0 Å². The highest BCUT2D eigenvalue weighted by molar-refractivity contribution is 5.93. The molecule has 5 rings (SSSR count). The van der Waals surface area contributed by atoms with Crippen molar-refractivity contribution in [3.05, 3.63) is 35.7 Å². The molecule has 1 spiro atoms. The molecule has 8 heteroatoms. The lowest BCUT2D eigenvalue weighted by Crippen LogP contribution is -2.59. The van der Waals surface area contributed by atoms with Gasteiger partial charge in [-0.2, -0.15) is 5.10 Å². The van der Waals surface area contributed by atoms with E-state index in [-0.39, 0.29) is 23.3 Å². The minimum atomic E-state index is -0.377. The highest BCUT2D eigenvalue weighted by atomic mass is 16.2. The number of rotatable bonds is 3. The molecule has 2 aliphatic heterocycles. The highest BCUT2D eigenvalue weighted by Crippen LogP contribution is 2.45. The van der Waals surface area contributed by atoms with Crippen LogP contribution < -0.4 is 0 Å². The van der Waals surface area contributed by atoms with Crippen molar-refractivity contribution >= 4 is 11.8 Å². The molecular formula is C20H26N6O2. The molecule has 28 heavy (non-hydrogen) atoms. The fourth-order valence-corrected chi connectivity index (χ4v) is 4.77. The summed E-state index contributed by atoms with van der Waals surface area (Å²) in [7, 11) is 0. The first-order valence-corrected chi connectivity index (χ1v) is 10.3. The molecule has 0 radical (unpaired) electrons. The van der Waals surface area contributed by atoms with Gasteiger partial charge in [0.25, 0.3) is 5.91 Å². The topological polar surface area (TPSA) is 87.1 Å². The zero-order valence-corrected chi connectivity index (χ0v) is 16.2. The summed E-state index contributed by atoms with van der Waals surface area (Å²) < 4.78 is 1.77. The average Bonchev–Trinajstić information content (AvgIpc) is 3.26. The second kappa shape index (κ2) is 6.46. The van der Waals surface area contributed by atoms with E-state index in [1.54, 1.807) is 17.2 Å². The van der Waals surface area contributed by atoms with Crippen LogP contribution in [0.3, 0.4) is 0 Å². The quantitative estimate of drug-likeness (QED) is 0.873. The van der Waals surface area contributed by atoms with Gasteiger partial charge in [0.05, 0.1) is 29.3 Å². The van der Waals surface area contributed by atoms with Crippen molar-refractivity contribution in [3.63, 3.8) is 0 Å². The molecule has 0 atom stereocenters. The number of nitrogens with zero attached hydrogens (tertiary/aromatic N) is 5. The number of imidazole rings is 1. The van der Waals surface area contributed by atoms with E-state index in [0.29, 0.717) is 18.7 Å². The smallest absolute Gasteiger partial charge is 0.257 e. The lowest BCUT2D eigenvalue weighted by atomic mass is 9.78. The number of carbonyl (C=O) groups is 2. The van der Waals surface area contributed by atoms with Crippen LogP contribution in [0.25, 0.3) is 0 Å². The lowest BCUT2D eigenvalue weighted by Gasteiger charge is -2.50. The molecule has 0 unspecified atom stereocenters. The maximum atomic E-state index is 13.0. The van der Waals surface area contributed by atoms with Gasteiger partial charge in [0.15, 0.2) is 0 Å². The third-order valence-electron chi connectivity index (χ3n) is 6.54. The van der Waals surface area contributed by atoms with Crippen LogP contribution in [0.1, 0.15) is 54.4 Å². The van der Waals surface area contributed by atoms with Gasteiger partial charge in [-0.3, -0.25) is 14.3 Å². The minimum absolute atomic E-state index is 0.0210. The molecule has 1 saturated heterocycles. The van der Waals surface area contributed by atoms with Gasteiger partial charge in [0, 0.05) is 50.4 Å². The molecule has 0 bridgehead atoms. The molecule has 1 saturated carbocycles. The van der Waals surface area contributed by atoms with Crippen LogP contribution in [0.5, 0.6) is 0 Å². The normalized spacial score (nSPS) is 21.0. The Bertz CT molecular complexity index is 903.